The molecule has 1 N–H and O–H groups in total. The zero-order valence-corrected chi connectivity index (χ0v) is 13.2. The molecule has 6 heteroatoms. The van der Waals surface area contributed by atoms with E-state index in [2.05, 4.69) is 22.3 Å². The number of anilines is 1. The van der Waals surface area contributed by atoms with E-state index in [1.807, 2.05) is 18.2 Å². The maximum Gasteiger partial charge on any atom is 0.293 e. The molecule has 0 aromatic heterocycles. The highest BCUT2D eigenvalue weighted by Crippen LogP contribution is 2.27. The summed E-state index contributed by atoms with van der Waals surface area (Å²) >= 11 is 0. The van der Waals surface area contributed by atoms with Crippen LogP contribution in [0, 0.1) is 10.1 Å². The van der Waals surface area contributed by atoms with Gasteiger partial charge in [-0.3, -0.25) is 19.8 Å². The van der Waals surface area contributed by atoms with Crippen molar-refractivity contribution in [3.05, 3.63) is 69.8 Å². The van der Waals surface area contributed by atoms with Gasteiger partial charge in [-0.05, 0) is 24.1 Å². The minimum absolute atomic E-state index is 0.0545. The Bertz CT molecular complexity index is 734. The van der Waals surface area contributed by atoms with Crippen LogP contribution in [0.4, 0.5) is 11.4 Å². The number of hydrogen-bond acceptors (Lipinski definition) is 5. The minimum Gasteiger partial charge on any atom is -0.375 e. The van der Waals surface area contributed by atoms with Crippen molar-refractivity contribution in [2.45, 2.75) is 19.0 Å². The third-order valence-electron chi connectivity index (χ3n) is 4.24. The molecule has 1 fully saturated rings. The van der Waals surface area contributed by atoms with Gasteiger partial charge in [-0.25, -0.2) is 0 Å². The summed E-state index contributed by atoms with van der Waals surface area (Å²) in [5.74, 6) is 0. The molecule has 0 unspecified atom stereocenters. The molecule has 0 amide bonds. The first kappa shape index (κ1) is 16.1. The van der Waals surface area contributed by atoms with Crippen LogP contribution in [0.5, 0.6) is 0 Å². The zero-order valence-electron chi connectivity index (χ0n) is 13.2. The quantitative estimate of drug-likeness (QED) is 0.502. The Morgan fingerprint density at radius 3 is 2.75 bits per heavy atom. The second kappa shape index (κ2) is 7.23. The highest BCUT2D eigenvalue weighted by molar-refractivity contribution is 5.79. The molecule has 1 aliphatic rings. The van der Waals surface area contributed by atoms with Gasteiger partial charge in [-0.15, -0.1) is 0 Å². The number of rotatable bonds is 6. The van der Waals surface area contributed by atoms with Gasteiger partial charge in [0.1, 0.15) is 12.0 Å². The number of carbonyl (C=O) groups excluding carboxylic acids is 1. The van der Waals surface area contributed by atoms with Gasteiger partial charge in [-0.2, -0.15) is 0 Å². The van der Waals surface area contributed by atoms with Crippen LogP contribution < -0.4 is 5.32 Å². The van der Waals surface area contributed by atoms with Crippen LogP contribution in [0.15, 0.2) is 48.5 Å². The fraction of sp³-hybridized carbons (Fsp3) is 0.278. The predicted octanol–water partition coefficient (Wildman–Crippen LogP) is 3.09. The van der Waals surface area contributed by atoms with Crippen LogP contribution in [0.2, 0.25) is 0 Å². The number of nitrogens with zero attached hydrogens (tertiary/aromatic N) is 2. The van der Waals surface area contributed by atoms with Crippen LogP contribution in [0.1, 0.15) is 22.3 Å². The Morgan fingerprint density at radius 2 is 2.04 bits per heavy atom. The topological polar surface area (TPSA) is 75.5 Å². The van der Waals surface area contributed by atoms with E-state index in [-0.39, 0.29) is 11.7 Å². The molecule has 6 nitrogen and oxygen atoms in total. The second-order valence-corrected chi connectivity index (χ2v) is 6.00. The Balaban J connectivity index is 1.65. The maximum absolute atomic E-state index is 11.2. The number of carbonyl (C=O) groups is 1. The lowest BCUT2D eigenvalue weighted by molar-refractivity contribution is -0.384. The summed E-state index contributed by atoms with van der Waals surface area (Å²) in [5.41, 5.74) is 1.99. The van der Waals surface area contributed by atoms with E-state index >= 15 is 0 Å². The molecule has 0 aliphatic carbocycles. The summed E-state index contributed by atoms with van der Waals surface area (Å²) in [6, 6.07) is 14.9. The lowest BCUT2D eigenvalue weighted by Crippen LogP contribution is -2.26. The summed E-state index contributed by atoms with van der Waals surface area (Å²) in [5, 5.41) is 14.5. The number of aldehydes is 1. The Labute approximate surface area is 140 Å². The van der Waals surface area contributed by atoms with Crippen LogP contribution in [0.25, 0.3) is 0 Å². The Kier molecular flexibility index (Phi) is 4.86. The second-order valence-electron chi connectivity index (χ2n) is 6.00. The minimum atomic E-state index is -0.452. The molecule has 3 rings (SSSR count). The molecule has 1 saturated heterocycles. The first-order chi connectivity index (χ1) is 11.7. The van der Waals surface area contributed by atoms with Gasteiger partial charge in [-0.1, -0.05) is 30.3 Å². The summed E-state index contributed by atoms with van der Waals surface area (Å²) < 4.78 is 0. The van der Waals surface area contributed by atoms with Crippen LogP contribution in [0.3, 0.4) is 0 Å². The van der Waals surface area contributed by atoms with Gasteiger partial charge in [0.15, 0.2) is 0 Å². The molecular formula is C18H19N3O3. The number of nitro benzene ring substituents is 1. The largest absolute Gasteiger partial charge is 0.375 e. The van der Waals surface area contributed by atoms with E-state index < -0.39 is 4.92 Å². The molecule has 0 radical (unpaired) electrons. The van der Waals surface area contributed by atoms with Gasteiger partial charge >= 0.3 is 0 Å². The number of likely N-dealkylation sites (tertiary alicyclic amines) is 1. The SMILES string of the molecule is O=Cc1ccc(N[C@@H]2CCN(Cc3ccccc3)C2)c([N+](=O)[O-])c1. The molecule has 2 aromatic carbocycles. The van der Waals surface area contributed by atoms with Crippen molar-refractivity contribution >= 4 is 17.7 Å². The van der Waals surface area contributed by atoms with Crippen molar-refractivity contribution in [2.24, 2.45) is 0 Å². The summed E-state index contributed by atoms with van der Waals surface area (Å²) in [6.45, 7) is 2.67. The molecule has 1 atom stereocenters. The van der Waals surface area contributed by atoms with E-state index in [1.165, 1.54) is 11.6 Å². The van der Waals surface area contributed by atoms with Crippen LogP contribution >= 0.6 is 0 Å². The standard InChI is InChI=1S/C18H19N3O3/c22-13-15-6-7-17(18(10-15)21(23)24)19-16-8-9-20(12-16)11-14-4-2-1-3-5-14/h1-7,10,13,16,19H,8-9,11-12H2/t16-/m1/s1. The molecule has 2 aromatic rings. The summed E-state index contributed by atoms with van der Waals surface area (Å²) in [7, 11) is 0. The number of nitrogens with one attached hydrogen (secondary N) is 1. The molecule has 0 bridgehead atoms. The highest BCUT2D eigenvalue weighted by atomic mass is 16.6. The molecule has 0 saturated carbocycles. The van der Waals surface area contributed by atoms with E-state index in [4.69, 9.17) is 0 Å². The smallest absolute Gasteiger partial charge is 0.293 e. The fourth-order valence-electron chi connectivity index (χ4n) is 3.05. The van der Waals surface area contributed by atoms with Crippen molar-refractivity contribution in [1.29, 1.82) is 0 Å². The molecule has 0 spiro atoms. The first-order valence-corrected chi connectivity index (χ1v) is 7.92. The van der Waals surface area contributed by atoms with Crippen molar-refractivity contribution in [2.75, 3.05) is 18.4 Å². The van der Waals surface area contributed by atoms with Gasteiger partial charge in [0.2, 0.25) is 0 Å². The van der Waals surface area contributed by atoms with Gasteiger partial charge in [0.25, 0.3) is 5.69 Å². The third kappa shape index (κ3) is 3.78. The van der Waals surface area contributed by atoms with Gasteiger partial charge < -0.3 is 5.32 Å². The van der Waals surface area contributed by atoms with Crippen LogP contribution in [-0.4, -0.2) is 35.2 Å². The molecule has 24 heavy (non-hydrogen) atoms. The van der Waals surface area contributed by atoms with Crippen molar-refractivity contribution < 1.29 is 9.72 Å². The molecular weight excluding hydrogens is 306 g/mol. The monoisotopic (exact) mass is 325 g/mol. The average Bonchev–Trinajstić information content (AvgIpc) is 3.03. The van der Waals surface area contributed by atoms with Crippen molar-refractivity contribution in [3.63, 3.8) is 0 Å². The Hall–Kier alpha value is -2.73. The average molecular weight is 325 g/mol. The van der Waals surface area contributed by atoms with Gasteiger partial charge in [0, 0.05) is 37.3 Å². The third-order valence-corrected chi connectivity index (χ3v) is 4.24. The van der Waals surface area contributed by atoms with Gasteiger partial charge in [0.05, 0.1) is 4.92 Å². The normalized spacial score (nSPS) is 17.6. The van der Waals surface area contributed by atoms with Crippen molar-refractivity contribution in [1.82, 2.24) is 4.90 Å². The molecule has 1 aliphatic heterocycles. The number of nitro groups is 1. The first-order valence-electron chi connectivity index (χ1n) is 7.92. The summed E-state index contributed by atoms with van der Waals surface area (Å²) in [6.07, 6.45) is 1.55. The van der Waals surface area contributed by atoms with E-state index in [9.17, 15) is 14.9 Å². The highest BCUT2D eigenvalue weighted by Gasteiger charge is 2.25. The lowest BCUT2D eigenvalue weighted by atomic mass is 10.1. The maximum atomic E-state index is 11.2. The van der Waals surface area contributed by atoms with Crippen LogP contribution in [-0.2, 0) is 6.54 Å². The molecule has 124 valence electrons. The number of hydrogen-bond donors (Lipinski definition) is 1. The van der Waals surface area contributed by atoms with E-state index in [0.717, 1.165) is 26.1 Å². The zero-order chi connectivity index (χ0) is 16.9. The van der Waals surface area contributed by atoms with E-state index in [0.29, 0.717) is 17.5 Å². The van der Waals surface area contributed by atoms with Crippen molar-refractivity contribution in [3.8, 4) is 0 Å². The predicted molar refractivity (Wildman–Crippen MR) is 92.2 cm³/mol. The van der Waals surface area contributed by atoms with E-state index in [1.54, 1.807) is 12.1 Å². The molecule has 1 heterocycles. The summed E-state index contributed by atoms with van der Waals surface area (Å²) in [4.78, 5) is 23.9. The number of benzene rings is 2. The lowest BCUT2D eigenvalue weighted by Gasteiger charge is -2.17. The fourth-order valence-corrected chi connectivity index (χ4v) is 3.05. The Morgan fingerprint density at radius 1 is 1.25 bits per heavy atom.